The maximum Gasteiger partial charge on any atom is 0.273 e. The fourth-order valence-corrected chi connectivity index (χ4v) is 1.78. The minimum Gasteiger partial charge on any atom is -0.395 e. The predicted molar refractivity (Wildman–Crippen MR) is 81.8 cm³/mol. The van der Waals surface area contributed by atoms with E-state index in [4.69, 9.17) is 5.73 Å². The molecule has 0 fully saturated rings. The standard InChI is InChI=1S/C14H25N5O2/c1-4-5-10-12(15)13(19-18-10)14(21)16-7-6-11(20)17-8-9(2)3/h9H,4-8,15H2,1-3H3,(H,16,21)(H,17,20)(H,18,19). The molecule has 1 rings (SSSR count). The number of aryl methyl sites for hydroxylation is 1. The van der Waals surface area contributed by atoms with Gasteiger partial charge in [-0.15, -0.1) is 0 Å². The molecule has 0 unspecified atom stereocenters. The van der Waals surface area contributed by atoms with Crippen molar-refractivity contribution in [2.45, 2.75) is 40.0 Å². The van der Waals surface area contributed by atoms with Gasteiger partial charge >= 0.3 is 0 Å². The highest BCUT2D eigenvalue weighted by molar-refractivity contribution is 5.97. The van der Waals surface area contributed by atoms with E-state index >= 15 is 0 Å². The molecule has 1 aromatic heterocycles. The van der Waals surface area contributed by atoms with Gasteiger partial charge in [-0.3, -0.25) is 14.7 Å². The summed E-state index contributed by atoms with van der Waals surface area (Å²) in [5.74, 6) is -0.0298. The van der Waals surface area contributed by atoms with Crippen molar-refractivity contribution in [2.24, 2.45) is 5.92 Å². The third-order valence-electron chi connectivity index (χ3n) is 2.94. The number of hydrogen-bond donors (Lipinski definition) is 4. The summed E-state index contributed by atoms with van der Waals surface area (Å²) in [5, 5.41) is 12.1. The molecule has 0 aliphatic rings. The Kier molecular flexibility index (Phi) is 6.71. The molecule has 0 aliphatic carbocycles. The zero-order valence-corrected chi connectivity index (χ0v) is 13.0. The van der Waals surface area contributed by atoms with Gasteiger partial charge in [0.25, 0.3) is 5.91 Å². The topological polar surface area (TPSA) is 113 Å². The first-order valence-electron chi connectivity index (χ1n) is 7.33. The molecule has 118 valence electrons. The number of rotatable bonds is 8. The summed E-state index contributed by atoms with van der Waals surface area (Å²) in [6.45, 7) is 6.97. The van der Waals surface area contributed by atoms with Crippen molar-refractivity contribution >= 4 is 17.5 Å². The number of amides is 2. The normalized spacial score (nSPS) is 10.7. The second kappa shape index (κ2) is 8.28. The van der Waals surface area contributed by atoms with Gasteiger partial charge in [-0.1, -0.05) is 27.2 Å². The monoisotopic (exact) mass is 295 g/mol. The van der Waals surface area contributed by atoms with E-state index in [0.717, 1.165) is 18.5 Å². The van der Waals surface area contributed by atoms with Crippen LogP contribution in [-0.4, -0.2) is 35.1 Å². The van der Waals surface area contributed by atoms with E-state index in [-0.39, 0.29) is 30.5 Å². The molecule has 2 amide bonds. The van der Waals surface area contributed by atoms with Crippen LogP contribution in [0.2, 0.25) is 0 Å². The molecular formula is C14H25N5O2. The van der Waals surface area contributed by atoms with Gasteiger partial charge in [-0.25, -0.2) is 0 Å². The number of hydrogen-bond acceptors (Lipinski definition) is 4. The molecule has 7 nitrogen and oxygen atoms in total. The van der Waals surface area contributed by atoms with E-state index in [2.05, 4.69) is 20.8 Å². The Balaban J connectivity index is 2.39. The maximum atomic E-state index is 11.9. The SMILES string of the molecule is CCCc1[nH]nc(C(=O)NCCC(=O)NCC(C)C)c1N. The summed E-state index contributed by atoms with van der Waals surface area (Å²) in [4.78, 5) is 23.4. The summed E-state index contributed by atoms with van der Waals surface area (Å²) in [6.07, 6.45) is 1.91. The quantitative estimate of drug-likeness (QED) is 0.569. The van der Waals surface area contributed by atoms with Crippen molar-refractivity contribution < 1.29 is 9.59 Å². The van der Waals surface area contributed by atoms with Crippen molar-refractivity contribution in [1.29, 1.82) is 0 Å². The molecule has 1 aromatic rings. The van der Waals surface area contributed by atoms with Gasteiger partial charge in [0, 0.05) is 19.5 Å². The fourth-order valence-electron chi connectivity index (χ4n) is 1.78. The number of carbonyl (C=O) groups excluding carboxylic acids is 2. The summed E-state index contributed by atoms with van der Waals surface area (Å²) in [7, 11) is 0. The highest BCUT2D eigenvalue weighted by atomic mass is 16.2. The van der Waals surface area contributed by atoms with Crippen LogP contribution in [0.3, 0.4) is 0 Å². The number of carbonyl (C=O) groups is 2. The summed E-state index contributed by atoms with van der Waals surface area (Å²) >= 11 is 0. The molecule has 0 radical (unpaired) electrons. The number of aromatic amines is 1. The van der Waals surface area contributed by atoms with Crippen LogP contribution in [0.15, 0.2) is 0 Å². The van der Waals surface area contributed by atoms with Crippen LogP contribution in [0.25, 0.3) is 0 Å². The van der Waals surface area contributed by atoms with Gasteiger partial charge in [0.1, 0.15) is 0 Å². The van der Waals surface area contributed by atoms with E-state index in [9.17, 15) is 9.59 Å². The zero-order valence-electron chi connectivity index (χ0n) is 13.0. The smallest absolute Gasteiger partial charge is 0.273 e. The van der Waals surface area contributed by atoms with Crippen LogP contribution in [0.1, 0.15) is 49.8 Å². The van der Waals surface area contributed by atoms with E-state index in [1.165, 1.54) is 0 Å². The lowest BCUT2D eigenvalue weighted by atomic mass is 10.2. The van der Waals surface area contributed by atoms with E-state index in [0.29, 0.717) is 18.2 Å². The third-order valence-corrected chi connectivity index (χ3v) is 2.94. The molecular weight excluding hydrogens is 270 g/mol. The number of nitrogens with one attached hydrogen (secondary N) is 3. The summed E-state index contributed by atoms with van der Waals surface area (Å²) in [6, 6.07) is 0. The molecule has 0 bridgehead atoms. The van der Waals surface area contributed by atoms with Crippen LogP contribution in [0, 0.1) is 5.92 Å². The first-order chi connectivity index (χ1) is 9.95. The molecule has 21 heavy (non-hydrogen) atoms. The lowest BCUT2D eigenvalue weighted by molar-refractivity contribution is -0.121. The first-order valence-corrected chi connectivity index (χ1v) is 7.33. The number of H-pyrrole nitrogens is 1. The molecule has 7 heteroatoms. The number of aromatic nitrogens is 2. The number of nitrogen functional groups attached to an aromatic ring is 1. The average Bonchev–Trinajstić information content (AvgIpc) is 2.78. The van der Waals surface area contributed by atoms with Crippen LogP contribution in [-0.2, 0) is 11.2 Å². The van der Waals surface area contributed by atoms with E-state index < -0.39 is 0 Å². The maximum absolute atomic E-state index is 11.9. The molecule has 5 N–H and O–H groups in total. The van der Waals surface area contributed by atoms with Crippen LogP contribution in [0.5, 0.6) is 0 Å². The Morgan fingerprint density at radius 3 is 2.67 bits per heavy atom. The Bertz CT molecular complexity index is 482. The minimum atomic E-state index is -0.359. The van der Waals surface area contributed by atoms with Crippen LogP contribution < -0.4 is 16.4 Å². The van der Waals surface area contributed by atoms with Crippen LogP contribution in [0.4, 0.5) is 5.69 Å². The molecule has 0 aromatic carbocycles. The number of nitrogens with zero attached hydrogens (tertiary/aromatic N) is 1. The molecule has 0 spiro atoms. The van der Waals surface area contributed by atoms with Gasteiger partial charge in [0.15, 0.2) is 5.69 Å². The van der Waals surface area contributed by atoms with Crippen molar-refractivity contribution in [3.63, 3.8) is 0 Å². The second-order valence-corrected chi connectivity index (χ2v) is 5.42. The van der Waals surface area contributed by atoms with Crippen LogP contribution >= 0.6 is 0 Å². The molecule has 0 saturated heterocycles. The Labute approximate surface area is 125 Å². The molecule has 0 saturated carbocycles. The van der Waals surface area contributed by atoms with Gasteiger partial charge < -0.3 is 16.4 Å². The average molecular weight is 295 g/mol. The summed E-state index contributed by atoms with van der Waals surface area (Å²) < 4.78 is 0. The van der Waals surface area contributed by atoms with Gasteiger partial charge in [0.05, 0.1) is 11.4 Å². The van der Waals surface area contributed by atoms with Crippen molar-refractivity contribution in [1.82, 2.24) is 20.8 Å². The Hall–Kier alpha value is -2.05. The largest absolute Gasteiger partial charge is 0.395 e. The highest BCUT2D eigenvalue weighted by Crippen LogP contribution is 2.15. The third kappa shape index (κ3) is 5.45. The molecule has 0 aliphatic heterocycles. The lowest BCUT2D eigenvalue weighted by Crippen LogP contribution is -2.32. The predicted octanol–water partition coefficient (Wildman–Crippen LogP) is 0.837. The Morgan fingerprint density at radius 2 is 2.05 bits per heavy atom. The highest BCUT2D eigenvalue weighted by Gasteiger charge is 2.16. The van der Waals surface area contributed by atoms with E-state index in [1.54, 1.807) is 0 Å². The minimum absolute atomic E-state index is 0.0781. The van der Waals surface area contributed by atoms with Crippen molar-refractivity contribution in [3.8, 4) is 0 Å². The Morgan fingerprint density at radius 1 is 1.33 bits per heavy atom. The zero-order chi connectivity index (χ0) is 15.8. The van der Waals surface area contributed by atoms with Gasteiger partial charge in [-0.2, -0.15) is 5.10 Å². The van der Waals surface area contributed by atoms with Crippen molar-refractivity contribution in [2.75, 3.05) is 18.8 Å². The van der Waals surface area contributed by atoms with Crippen molar-refractivity contribution in [3.05, 3.63) is 11.4 Å². The first kappa shape index (κ1) is 17.0. The van der Waals surface area contributed by atoms with Gasteiger partial charge in [0.2, 0.25) is 5.91 Å². The lowest BCUT2D eigenvalue weighted by Gasteiger charge is -2.08. The molecule has 0 atom stereocenters. The van der Waals surface area contributed by atoms with Gasteiger partial charge in [-0.05, 0) is 12.3 Å². The molecule has 1 heterocycles. The number of anilines is 1. The summed E-state index contributed by atoms with van der Waals surface area (Å²) in [5.41, 5.74) is 7.23. The number of nitrogens with two attached hydrogens (primary N) is 1. The van der Waals surface area contributed by atoms with E-state index in [1.807, 2.05) is 20.8 Å². The fraction of sp³-hybridized carbons (Fsp3) is 0.643. The second-order valence-electron chi connectivity index (χ2n) is 5.42.